The van der Waals surface area contributed by atoms with Crippen LogP contribution in [-0.4, -0.2) is 24.0 Å². The van der Waals surface area contributed by atoms with E-state index in [2.05, 4.69) is 25.7 Å². The van der Waals surface area contributed by atoms with Crippen molar-refractivity contribution in [3.8, 4) is 11.8 Å². The van der Waals surface area contributed by atoms with E-state index >= 15 is 0 Å². The largest absolute Gasteiger partial charge is 0.460 e. The van der Waals surface area contributed by atoms with Gasteiger partial charge in [0.05, 0.1) is 13.0 Å². The monoisotopic (exact) mass is 468 g/mol. The fourth-order valence-corrected chi connectivity index (χ4v) is 4.59. The van der Waals surface area contributed by atoms with E-state index in [1.807, 2.05) is 51.1 Å². The minimum absolute atomic E-state index is 0.0740. The van der Waals surface area contributed by atoms with Crippen molar-refractivity contribution in [2.24, 2.45) is 23.7 Å². The molecule has 0 aromatic heterocycles. The lowest BCUT2D eigenvalue weighted by Crippen LogP contribution is -2.27. The lowest BCUT2D eigenvalue weighted by atomic mass is 9.78. The first-order valence-corrected chi connectivity index (χ1v) is 13.0. The molecule has 1 aliphatic rings. The highest BCUT2D eigenvalue weighted by atomic mass is 16.6. The van der Waals surface area contributed by atoms with Gasteiger partial charge in [-0.15, -0.1) is 0 Å². The molecular formula is C30H44O4. The van der Waals surface area contributed by atoms with Gasteiger partial charge >= 0.3 is 5.97 Å². The number of esters is 1. The SMILES string of the molecule is CC(C)C[C@H]1CC[C@@H](C#CC(=O)C(CCCOCc2ccccc2)CC(=O)OC(C)(C)C)CC1. The Morgan fingerprint density at radius 1 is 1.06 bits per heavy atom. The van der Waals surface area contributed by atoms with Gasteiger partial charge in [0.15, 0.2) is 0 Å². The first-order valence-electron chi connectivity index (χ1n) is 13.0. The predicted molar refractivity (Wildman–Crippen MR) is 137 cm³/mol. The molecule has 1 aliphatic carbocycles. The molecule has 1 atom stereocenters. The lowest BCUT2D eigenvalue weighted by Gasteiger charge is -2.26. The van der Waals surface area contributed by atoms with Gasteiger partial charge in [0.1, 0.15) is 5.60 Å². The number of Topliss-reactive ketones (excluding diaryl/α,β-unsaturated/α-hetero) is 1. The fraction of sp³-hybridized carbons (Fsp3) is 0.667. The quantitative estimate of drug-likeness (QED) is 0.156. The van der Waals surface area contributed by atoms with Gasteiger partial charge in [-0.2, -0.15) is 0 Å². The third kappa shape index (κ3) is 11.8. The van der Waals surface area contributed by atoms with Crippen LogP contribution in [0.3, 0.4) is 0 Å². The van der Waals surface area contributed by atoms with E-state index in [1.54, 1.807) is 0 Å². The first kappa shape index (κ1) is 28.1. The summed E-state index contributed by atoms with van der Waals surface area (Å²) in [4.78, 5) is 25.4. The molecule has 1 aromatic carbocycles. The van der Waals surface area contributed by atoms with Crippen molar-refractivity contribution < 1.29 is 19.1 Å². The summed E-state index contributed by atoms with van der Waals surface area (Å²) in [7, 11) is 0. The zero-order valence-electron chi connectivity index (χ0n) is 21.9. The van der Waals surface area contributed by atoms with E-state index in [9.17, 15) is 9.59 Å². The first-order chi connectivity index (χ1) is 16.1. The lowest BCUT2D eigenvalue weighted by molar-refractivity contribution is -0.157. The summed E-state index contributed by atoms with van der Waals surface area (Å²) in [6, 6.07) is 10.0. The molecule has 0 bridgehead atoms. The van der Waals surface area contributed by atoms with Crippen molar-refractivity contribution in [3.63, 3.8) is 0 Å². The summed E-state index contributed by atoms with van der Waals surface area (Å²) in [5.74, 6) is 7.04. The maximum absolute atomic E-state index is 13.0. The van der Waals surface area contributed by atoms with Crippen molar-refractivity contribution in [1.29, 1.82) is 0 Å². The van der Waals surface area contributed by atoms with Crippen LogP contribution in [-0.2, 0) is 25.7 Å². The number of hydrogen-bond acceptors (Lipinski definition) is 4. The molecule has 0 saturated heterocycles. The molecule has 0 spiro atoms. The van der Waals surface area contributed by atoms with Gasteiger partial charge < -0.3 is 9.47 Å². The Bertz CT molecular complexity index is 802. The third-order valence-corrected chi connectivity index (χ3v) is 6.21. The molecule has 1 saturated carbocycles. The van der Waals surface area contributed by atoms with Crippen LogP contribution in [0.1, 0.15) is 91.5 Å². The van der Waals surface area contributed by atoms with Crippen LogP contribution in [0.15, 0.2) is 30.3 Å². The van der Waals surface area contributed by atoms with Crippen molar-refractivity contribution in [1.82, 2.24) is 0 Å². The number of benzene rings is 1. The summed E-state index contributed by atoms with van der Waals surface area (Å²) >= 11 is 0. The van der Waals surface area contributed by atoms with Crippen molar-refractivity contribution >= 4 is 11.8 Å². The van der Waals surface area contributed by atoms with Gasteiger partial charge in [-0.05, 0) is 89.0 Å². The molecule has 0 N–H and O–H groups in total. The highest BCUT2D eigenvalue weighted by molar-refractivity contribution is 5.99. The molecule has 0 heterocycles. The summed E-state index contributed by atoms with van der Waals surface area (Å²) in [5, 5.41) is 0. The Morgan fingerprint density at radius 3 is 2.35 bits per heavy atom. The van der Waals surface area contributed by atoms with Crippen molar-refractivity contribution in [3.05, 3.63) is 35.9 Å². The number of ether oxygens (including phenoxy) is 2. The molecule has 0 radical (unpaired) electrons. The smallest absolute Gasteiger partial charge is 0.307 e. The number of carbonyl (C=O) groups excluding carboxylic acids is 2. The maximum Gasteiger partial charge on any atom is 0.307 e. The van der Waals surface area contributed by atoms with Crippen LogP contribution in [0.25, 0.3) is 0 Å². The van der Waals surface area contributed by atoms with Gasteiger partial charge in [0.2, 0.25) is 5.78 Å². The molecule has 0 amide bonds. The molecule has 2 rings (SSSR count). The van der Waals surface area contributed by atoms with E-state index in [4.69, 9.17) is 9.47 Å². The number of rotatable bonds is 11. The Morgan fingerprint density at radius 2 is 1.74 bits per heavy atom. The van der Waals surface area contributed by atoms with Crippen LogP contribution < -0.4 is 0 Å². The van der Waals surface area contributed by atoms with Gasteiger partial charge in [-0.3, -0.25) is 9.59 Å². The van der Waals surface area contributed by atoms with Crippen LogP contribution in [0, 0.1) is 35.5 Å². The summed E-state index contributed by atoms with van der Waals surface area (Å²) in [6.45, 7) is 11.2. The number of ketones is 1. The zero-order chi connectivity index (χ0) is 25.0. The Kier molecular flexibility index (Phi) is 11.8. The van der Waals surface area contributed by atoms with E-state index in [1.165, 1.54) is 19.3 Å². The molecule has 188 valence electrons. The van der Waals surface area contributed by atoms with E-state index in [-0.39, 0.29) is 18.2 Å². The summed E-state index contributed by atoms with van der Waals surface area (Å²) < 4.78 is 11.2. The van der Waals surface area contributed by atoms with Gasteiger partial charge in [-0.25, -0.2) is 0 Å². The molecular weight excluding hydrogens is 424 g/mol. The van der Waals surface area contributed by atoms with Crippen LogP contribution in [0.5, 0.6) is 0 Å². The second kappa shape index (κ2) is 14.3. The second-order valence-electron chi connectivity index (χ2n) is 11.1. The normalized spacial score (nSPS) is 19.2. The van der Waals surface area contributed by atoms with Gasteiger partial charge in [0.25, 0.3) is 0 Å². The van der Waals surface area contributed by atoms with Crippen LogP contribution in [0.2, 0.25) is 0 Å². The topological polar surface area (TPSA) is 52.6 Å². The standard InChI is InChI=1S/C30H44O4/c1-23(2)20-25-15-13-24(14-16-25)17-18-28(31)27(21-29(32)34-30(3,4)5)12-9-19-33-22-26-10-7-6-8-11-26/h6-8,10-11,23-25,27H,9,12-16,19-22H2,1-5H3/t24-,25+,27?. The average Bonchev–Trinajstić information content (AvgIpc) is 2.76. The van der Waals surface area contributed by atoms with Crippen LogP contribution >= 0.6 is 0 Å². The maximum atomic E-state index is 13.0. The third-order valence-electron chi connectivity index (χ3n) is 6.21. The molecule has 1 fully saturated rings. The molecule has 4 heteroatoms. The van der Waals surface area contributed by atoms with Crippen molar-refractivity contribution in [2.45, 2.75) is 98.2 Å². The molecule has 0 aliphatic heterocycles. The summed E-state index contributed by atoms with van der Waals surface area (Å²) in [6.07, 6.45) is 7.17. The van der Waals surface area contributed by atoms with Crippen molar-refractivity contribution in [2.75, 3.05) is 6.61 Å². The molecule has 4 nitrogen and oxygen atoms in total. The van der Waals surface area contributed by atoms with E-state index in [0.717, 1.165) is 30.2 Å². The Labute approximate surface area is 207 Å². The van der Waals surface area contributed by atoms with Gasteiger partial charge in [-0.1, -0.05) is 50.1 Å². The summed E-state index contributed by atoms with van der Waals surface area (Å²) in [5.41, 5.74) is 0.557. The minimum atomic E-state index is -0.566. The molecule has 1 aromatic rings. The Hall–Kier alpha value is -2.12. The second-order valence-corrected chi connectivity index (χ2v) is 11.1. The molecule has 1 unspecified atom stereocenters. The van der Waals surface area contributed by atoms with Gasteiger partial charge in [0, 0.05) is 18.4 Å². The fourth-order valence-electron chi connectivity index (χ4n) is 4.59. The van der Waals surface area contributed by atoms with Crippen LogP contribution in [0.4, 0.5) is 0 Å². The highest BCUT2D eigenvalue weighted by Crippen LogP contribution is 2.32. The predicted octanol–water partition coefficient (Wildman–Crippen LogP) is 6.76. The average molecular weight is 469 g/mol. The Balaban J connectivity index is 1.87. The van der Waals surface area contributed by atoms with E-state index in [0.29, 0.717) is 32.0 Å². The minimum Gasteiger partial charge on any atom is -0.460 e. The highest BCUT2D eigenvalue weighted by Gasteiger charge is 2.25. The number of hydrogen-bond donors (Lipinski definition) is 0. The molecule has 34 heavy (non-hydrogen) atoms. The van der Waals surface area contributed by atoms with E-state index < -0.39 is 11.5 Å². The number of carbonyl (C=O) groups is 2. The zero-order valence-corrected chi connectivity index (χ0v) is 21.9.